The van der Waals surface area contributed by atoms with Gasteiger partial charge in [0.25, 0.3) is 0 Å². The molecule has 0 aliphatic rings. The highest BCUT2D eigenvalue weighted by Crippen LogP contribution is 2.55. The van der Waals surface area contributed by atoms with Crippen LogP contribution in [0.2, 0.25) is 5.02 Å². The molecule has 14 heteroatoms. The Bertz CT molecular complexity index is 1020. The summed E-state index contributed by atoms with van der Waals surface area (Å²) in [6.45, 7) is 0. The van der Waals surface area contributed by atoms with Gasteiger partial charge in [0.2, 0.25) is 5.91 Å². The van der Waals surface area contributed by atoms with Gasteiger partial charge in [0.05, 0.1) is 11.1 Å². The van der Waals surface area contributed by atoms with Crippen LogP contribution in [0.3, 0.4) is 0 Å². The number of alkyl halides is 10. The number of amides is 1. The zero-order valence-corrected chi connectivity index (χ0v) is 17.3. The Morgan fingerprint density at radius 3 is 1.84 bits per heavy atom. The number of benzene rings is 2. The largest absolute Gasteiger partial charge is 0.435 e. The van der Waals surface area contributed by atoms with E-state index in [1.165, 1.54) is 22.6 Å². The van der Waals surface area contributed by atoms with Crippen LogP contribution in [0.1, 0.15) is 21.5 Å². The number of carbonyl (C=O) groups is 1. The van der Waals surface area contributed by atoms with Gasteiger partial charge in [-0.3, -0.25) is 4.79 Å². The summed E-state index contributed by atoms with van der Waals surface area (Å²) in [5, 5.41) is -1.25. The van der Waals surface area contributed by atoms with Gasteiger partial charge in [-0.25, -0.2) is 4.39 Å². The lowest BCUT2D eigenvalue weighted by Gasteiger charge is -2.31. The van der Waals surface area contributed by atoms with Gasteiger partial charge < -0.3 is 5.73 Å². The molecule has 0 saturated carbocycles. The molecule has 0 spiro atoms. The molecule has 0 bridgehead atoms. The van der Waals surface area contributed by atoms with E-state index in [1.54, 1.807) is 0 Å². The molecular weight excluding hydrogens is 587 g/mol. The summed E-state index contributed by atoms with van der Waals surface area (Å²) >= 11 is 7.08. The summed E-state index contributed by atoms with van der Waals surface area (Å²) in [5.41, 5.74) is -7.26. The SMILES string of the molecule is NC(=O)c1cccc(-c2c(Cl)cc(C(F)(C(F)(F)F)C(F)(F)F)cc2C(F)(F)F)c1I. The van der Waals surface area contributed by atoms with E-state index in [9.17, 15) is 48.7 Å². The molecule has 0 heterocycles. The molecular formula is C17H7ClF10INO. The second-order valence-corrected chi connectivity index (χ2v) is 7.55. The third-order valence-corrected chi connectivity index (χ3v) is 5.57. The van der Waals surface area contributed by atoms with Crippen molar-refractivity contribution in [1.29, 1.82) is 0 Å². The lowest BCUT2D eigenvalue weighted by molar-refractivity contribution is -0.348. The fraction of sp³-hybridized carbons (Fsp3) is 0.235. The van der Waals surface area contributed by atoms with Crippen molar-refractivity contribution in [2.45, 2.75) is 24.2 Å². The van der Waals surface area contributed by atoms with Gasteiger partial charge >= 0.3 is 24.2 Å². The van der Waals surface area contributed by atoms with Gasteiger partial charge in [-0.2, -0.15) is 39.5 Å². The molecule has 0 aromatic heterocycles. The molecule has 0 unspecified atom stereocenters. The van der Waals surface area contributed by atoms with E-state index in [0.717, 1.165) is 18.2 Å². The number of halogens is 12. The van der Waals surface area contributed by atoms with Crippen molar-refractivity contribution in [3.8, 4) is 11.1 Å². The van der Waals surface area contributed by atoms with E-state index < -0.39 is 63.4 Å². The number of hydrogen-bond donors (Lipinski definition) is 1. The first-order valence-corrected chi connectivity index (χ1v) is 9.12. The van der Waals surface area contributed by atoms with Crippen LogP contribution in [-0.2, 0) is 11.8 Å². The second kappa shape index (κ2) is 7.98. The molecule has 2 aromatic rings. The molecule has 0 fully saturated rings. The second-order valence-electron chi connectivity index (χ2n) is 6.06. The predicted octanol–water partition coefficient (Wildman–Crippen LogP) is 7.02. The molecule has 0 saturated heterocycles. The van der Waals surface area contributed by atoms with Crippen molar-refractivity contribution in [1.82, 2.24) is 0 Å². The number of primary amides is 1. The molecule has 2 aromatic carbocycles. The highest BCUT2D eigenvalue weighted by molar-refractivity contribution is 14.1. The molecule has 0 aliphatic carbocycles. The van der Waals surface area contributed by atoms with Crippen molar-refractivity contribution in [2.24, 2.45) is 5.73 Å². The summed E-state index contributed by atoms with van der Waals surface area (Å²) in [6, 6.07) is 2.41. The Hall–Kier alpha value is -1.77. The van der Waals surface area contributed by atoms with Crippen molar-refractivity contribution < 1.29 is 48.7 Å². The third kappa shape index (κ3) is 4.43. The van der Waals surface area contributed by atoms with Crippen LogP contribution < -0.4 is 5.73 Å². The molecule has 170 valence electrons. The van der Waals surface area contributed by atoms with E-state index in [1.807, 2.05) is 0 Å². The molecule has 1 amide bonds. The number of hydrogen-bond acceptors (Lipinski definition) is 1. The molecule has 0 atom stereocenters. The van der Waals surface area contributed by atoms with Gasteiger partial charge in [-0.1, -0.05) is 23.7 Å². The maximum atomic E-state index is 14.3. The minimum absolute atomic E-state index is 0.180. The Balaban J connectivity index is 2.98. The molecule has 2 N–H and O–H groups in total. The molecule has 0 aliphatic heterocycles. The lowest BCUT2D eigenvalue weighted by Crippen LogP contribution is -2.50. The smallest absolute Gasteiger partial charge is 0.366 e. The van der Waals surface area contributed by atoms with Crippen LogP contribution in [0, 0.1) is 3.57 Å². The van der Waals surface area contributed by atoms with E-state index in [4.69, 9.17) is 17.3 Å². The zero-order valence-electron chi connectivity index (χ0n) is 14.4. The highest BCUT2D eigenvalue weighted by atomic mass is 127. The third-order valence-electron chi connectivity index (χ3n) is 4.11. The maximum absolute atomic E-state index is 14.3. The fourth-order valence-electron chi connectivity index (χ4n) is 2.71. The van der Waals surface area contributed by atoms with Gasteiger partial charge in [0.1, 0.15) is 0 Å². The first kappa shape index (κ1) is 25.5. The lowest BCUT2D eigenvalue weighted by atomic mass is 9.88. The minimum Gasteiger partial charge on any atom is -0.366 e. The van der Waals surface area contributed by atoms with Crippen LogP contribution >= 0.6 is 34.2 Å². The monoisotopic (exact) mass is 593 g/mol. The average molecular weight is 594 g/mol. The standard InChI is InChI=1S/C17H7ClF10INO/c18-10-5-6(14(19,16(23,24)25)17(26,27)28)4-9(15(20,21)22)11(10)7-2-1-3-8(12(7)29)13(30)31/h1-5H,(H2,30,31). The number of nitrogens with two attached hydrogens (primary N) is 1. The number of rotatable bonds is 3. The predicted molar refractivity (Wildman–Crippen MR) is 98.0 cm³/mol. The van der Waals surface area contributed by atoms with E-state index >= 15 is 0 Å². The quantitative estimate of drug-likeness (QED) is 0.302. The molecule has 2 nitrogen and oxygen atoms in total. The van der Waals surface area contributed by atoms with Crippen molar-refractivity contribution in [3.63, 3.8) is 0 Å². The Kier molecular flexibility index (Phi) is 6.56. The fourth-order valence-corrected chi connectivity index (χ4v) is 3.92. The van der Waals surface area contributed by atoms with Crippen molar-refractivity contribution in [2.75, 3.05) is 0 Å². The van der Waals surface area contributed by atoms with Crippen molar-refractivity contribution in [3.05, 3.63) is 55.6 Å². The van der Waals surface area contributed by atoms with E-state index in [-0.39, 0.29) is 15.2 Å². The van der Waals surface area contributed by atoms with Crippen LogP contribution in [-0.4, -0.2) is 18.3 Å². The normalized spacial score (nSPS) is 13.4. The molecule has 31 heavy (non-hydrogen) atoms. The van der Waals surface area contributed by atoms with Crippen LogP contribution in [0.4, 0.5) is 43.9 Å². The van der Waals surface area contributed by atoms with Crippen LogP contribution in [0.15, 0.2) is 30.3 Å². The van der Waals surface area contributed by atoms with E-state index in [0.29, 0.717) is 0 Å². The summed E-state index contributed by atoms with van der Waals surface area (Å²) in [5.74, 6) is -1.07. The Labute approximate surface area is 185 Å². The minimum atomic E-state index is -6.64. The van der Waals surface area contributed by atoms with Crippen molar-refractivity contribution >= 4 is 40.1 Å². The first-order chi connectivity index (χ1) is 13.8. The highest BCUT2D eigenvalue weighted by Gasteiger charge is 2.73. The Morgan fingerprint density at radius 2 is 1.42 bits per heavy atom. The average Bonchev–Trinajstić information content (AvgIpc) is 2.57. The van der Waals surface area contributed by atoms with Gasteiger partial charge in [-0.15, -0.1) is 0 Å². The van der Waals surface area contributed by atoms with E-state index in [2.05, 4.69) is 0 Å². The summed E-state index contributed by atoms with van der Waals surface area (Å²) in [6.07, 6.45) is -18.8. The molecule has 2 rings (SSSR count). The topological polar surface area (TPSA) is 43.1 Å². The van der Waals surface area contributed by atoms with Crippen LogP contribution in [0.5, 0.6) is 0 Å². The Morgan fingerprint density at radius 1 is 0.903 bits per heavy atom. The zero-order chi connectivity index (χ0) is 24.2. The number of carbonyl (C=O) groups excluding carboxylic acids is 1. The first-order valence-electron chi connectivity index (χ1n) is 7.66. The van der Waals surface area contributed by atoms with Crippen LogP contribution in [0.25, 0.3) is 11.1 Å². The maximum Gasteiger partial charge on any atom is 0.435 e. The van der Waals surface area contributed by atoms with Gasteiger partial charge in [-0.05, 0) is 46.4 Å². The summed E-state index contributed by atoms with van der Waals surface area (Å²) in [7, 11) is 0. The van der Waals surface area contributed by atoms with Gasteiger partial charge in [0, 0.05) is 19.7 Å². The summed E-state index contributed by atoms with van der Waals surface area (Å²) in [4.78, 5) is 11.4. The van der Waals surface area contributed by atoms with Gasteiger partial charge in [0.15, 0.2) is 0 Å². The molecule has 0 radical (unpaired) electrons. The summed E-state index contributed by atoms with van der Waals surface area (Å²) < 4.78 is 133.